The van der Waals surface area contributed by atoms with E-state index in [1.54, 1.807) is 18.2 Å². The van der Waals surface area contributed by atoms with E-state index in [0.717, 1.165) is 19.6 Å². The van der Waals surface area contributed by atoms with Crippen LogP contribution in [0.5, 0.6) is 0 Å². The van der Waals surface area contributed by atoms with Crippen molar-refractivity contribution in [3.8, 4) is 0 Å². The van der Waals surface area contributed by atoms with Gasteiger partial charge in [-0.05, 0) is 48.4 Å². The summed E-state index contributed by atoms with van der Waals surface area (Å²) in [5.41, 5.74) is 1.34. The molecule has 2 amide bonds. The minimum atomic E-state index is -0.723. The van der Waals surface area contributed by atoms with Crippen molar-refractivity contribution < 1.29 is 14.2 Å². The van der Waals surface area contributed by atoms with Crippen LogP contribution in [-0.4, -0.2) is 53.2 Å². The minimum absolute atomic E-state index is 0.403. The fourth-order valence-corrected chi connectivity index (χ4v) is 2.68. The smallest absolute Gasteiger partial charge is 0.313 e. The number of rotatable bonds is 4. The zero-order valence-electron chi connectivity index (χ0n) is 12.7. The summed E-state index contributed by atoms with van der Waals surface area (Å²) < 4.78 is 4.62. The lowest BCUT2D eigenvalue weighted by atomic mass is 10.1. The Hall–Kier alpha value is -2.48. The summed E-state index contributed by atoms with van der Waals surface area (Å²) in [6.45, 7) is 3.34. The summed E-state index contributed by atoms with van der Waals surface area (Å²) in [6, 6.07) is 5.06. The molecule has 1 aromatic heterocycles. The number of fused-ring (bicyclic) bond motifs is 1. The van der Waals surface area contributed by atoms with Crippen molar-refractivity contribution in [2.24, 2.45) is 0 Å². The molecule has 1 aromatic carbocycles. The molecule has 1 fully saturated rings. The maximum Gasteiger partial charge on any atom is 0.313 e. The molecule has 0 bridgehead atoms. The van der Waals surface area contributed by atoms with E-state index in [2.05, 4.69) is 30.5 Å². The monoisotopic (exact) mass is 317 g/mol. The molecular weight excluding hydrogens is 298 g/mol. The molecule has 122 valence electrons. The van der Waals surface area contributed by atoms with E-state index in [9.17, 15) is 9.59 Å². The number of piperidine rings is 1. The lowest BCUT2D eigenvalue weighted by molar-refractivity contribution is -0.136. The normalized spacial score (nSPS) is 15.5. The number of aromatic nitrogens is 2. The number of hydrogen-bond donors (Lipinski definition) is 2. The van der Waals surface area contributed by atoms with E-state index in [4.69, 9.17) is 0 Å². The second-order valence-corrected chi connectivity index (χ2v) is 5.55. The molecule has 0 unspecified atom stereocenters. The van der Waals surface area contributed by atoms with Crippen LogP contribution in [0.3, 0.4) is 0 Å². The van der Waals surface area contributed by atoms with Crippen LogP contribution in [0, 0.1) is 0 Å². The van der Waals surface area contributed by atoms with Crippen molar-refractivity contribution in [2.45, 2.75) is 19.3 Å². The van der Waals surface area contributed by atoms with Crippen LogP contribution in [0.15, 0.2) is 22.8 Å². The van der Waals surface area contributed by atoms with Crippen LogP contribution >= 0.6 is 0 Å². The fourth-order valence-electron chi connectivity index (χ4n) is 2.68. The highest BCUT2D eigenvalue weighted by atomic mass is 16.6. The topological polar surface area (TPSA) is 100 Å². The summed E-state index contributed by atoms with van der Waals surface area (Å²) in [7, 11) is 0. The number of nitrogens with zero attached hydrogens (tertiary/aromatic N) is 3. The van der Waals surface area contributed by atoms with Crippen LogP contribution in [0.4, 0.5) is 5.69 Å². The molecule has 1 saturated heterocycles. The highest BCUT2D eigenvalue weighted by Crippen LogP contribution is 2.19. The first-order chi connectivity index (χ1) is 11.2. The van der Waals surface area contributed by atoms with E-state index >= 15 is 0 Å². The van der Waals surface area contributed by atoms with Crippen LogP contribution in [-0.2, 0) is 9.59 Å². The van der Waals surface area contributed by atoms with Gasteiger partial charge in [0.05, 0.1) is 5.69 Å². The van der Waals surface area contributed by atoms with Gasteiger partial charge in [0.25, 0.3) is 0 Å². The molecule has 3 rings (SSSR count). The SMILES string of the molecule is O=C(NCCN1CCCCC1)C(=O)Nc1cccc2nonc12. The lowest BCUT2D eigenvalue weighted by Gasteiger charge is -2.26. The molecule has 1 aliphatic heterocycles. The number of anilines is 1. The maximum atomic E-state index is 11.9. The summed E-state index contributed by atoms with van der Waals surface area (Å²) in [4.78, 5) is 26.1. The molecule has 0 spiro atoms. The molecular formula is C15H19N5O3. The van der Waals surface area contributed by atoms with Crippen molar-refractivity contribution in [2.75, 3.05) is 31.5 Å². The van der Waals surface area contributed by atoms with Crippen LogP contribution < -0.4 is 10.6 Å². The second-order valence-electron chi connectivity index (χ2n) is 5.55. The van der Waals surface area contributed by atoms with E-state index < -0.39 is 11.8 Å². The molecule has 0 radical (unpaired) electrons. The predicted molar refractivity (Wildman–Crippen MR) is 83.7 cm³/mol. The van der Waals surface area contributed by atoms with Crippen molar-refractivity contribution in [3.05, 3.63) is 18.2 Å². The molecule has 8 nitrogen and oxygen atoms in total. The van der Waals surface area contributed by atoms with Gasteiger partial charge in [0.1, 0.15) is 5.52 Å². The number of carbonyl (C=O) groups is 2. The molecule has 0 aliphatic carbocycles. The van der Waals surface area contributed by atoms with E-state index in [0.29, 0.717) is 23.3 Å². The predicted octanol–water partition coefficient (Wildman–Crippen LogP) is 0.763. The van der Waals surface area contributed by atoms with Gasteiger partial charge in [-0.25, -0.2) is 4.63 Å². The van der Waals surface area contributed by atoms with E-state index in [-0.39, 0.29) is 0 Å². The van der Waals surface area contributed by atoms with Gasteiger partial charge in [0, 0.05) is 13.1 Å². The summed E-state index contributed by atoms with van der Waals surface area (Å²) in [5, 5.41) is 12.6. The van der Waals surface area contributed by atoms with Crippen molar-refractivity contribution in [1.29, 1.82) is 0 Å². The van der Waals surface area contributed by atoms with Gasteiger partial charge in [-0.15, -0.1) is 0 Å². The summed E-state index contributed by atoms with van der Waals surface area (Å²) in [5.74, 6) is -1.38. The average molecular weight is 317 g/mol. The molecule has 2 heterocycles. The first kappa shape index (κ1) is 15.4. The zero-order valence-corrected chi connectivity index (χ0v) is 12.7. The molecule has 2 N–H and O–H groups in total. The number of nitrogens with one attached hydrogen (secondary N) is 2. The third-order valence-corrected chi connectivity index (χ3v) is 3.90. The Balaban J connectivity index is 1.49. The van der Waals surface area contributed by atoms with Gasteiger partial charge in [-0.1, -0.05) is 12.5 Å². The Labute approximate surface area is 133 Å². The van der Waals surface area contributed by atoms with Crippen molar-refractivity contribution in [1.82, 2.24) is 20.5 Å². The Morgan fingerprint density at radius 3 is 2.78 bits per heavy atom. The van der Waals surface area contributed by atoms with Crippen molar-refractivity contribution in [3.63, 3.8) is 0 Å². The molecule has 23 heavy (non-hydrogen) atoms. The van der Waals surface area contributed by atoms with Crippen LogP contribution in [0.1, 0.15) is 19.3 Å². The third kappa shape index (κ3) is 3.84. The molecule has 1 aliphatic rings. The Bertz CT molecular complexity index is 693. The van der Waals surface area contributed by atoms with Crippen LogP contribution in [0.25, 0.3) is 11.0 Å². The van der Waals surface area contributed by atoms with Gasteiger partial charge < -0.3 is 15.5 Å². The van der Waals surface area contributed by atoms with Gasteiger partial charge in [0.2, 0.25) is 0 Å². The fraction of sp³-hybridized carbons (Fsp3) is 0.467. The zero-order chi connectivity index (χ0) is 16.1. The maximum absolute atomic E-state index is 11.9. The highest BCUT2D eigenvalue weighted by Gasteiger charge is 2.17. The minimum Gasteiger partial charge on any atom is -0.347 e. The Morgan fingerprint density at radius 2 is 1.96 bits per heavy atom. The Kier molecular flexibility index (Phi) is 4.82. The molecule has 0 atom stereocenters. The molecule has 0 saturated carbocycles. The first-order valence-electron chi connectivity index (χ1n) is 7.77. The summed E-state index contributed by atoms with van der Waals surface area (Å²) in [6.07, 6.45) is 3.67. The standard InChI is InChI=1S/C15H19N5O3/c21-14(16-7-10-20-8-2-1-3-9-20)15(22)17-11-5-4-6-12-13(11)19-23-18-12/h4-6H,1-3,7-10H2,(H,16,21)(H,17,22). The third-order valence-electron chi connectivity index (χ3n) is 3.90. The van der Waals surface area contributed by atoms with Gasteiger partial charge in [0.15, 0.2) is 5.52 Å². The van der Waals surface area contributed by atoms with Gasteiger partial charge in [-0.3, -0.25) is 9.59 Å². The number of benzene rings is 1. The summed E-state index contributed by atoms with van der Waals surface area (Å²) >= 11 is 0. The quantitative estimate of drug-likeness (QED) is 0.808. The number of hydrogen-bond acceptors (Lipinski definition) is 6. The number of amides is 2. The Morgan fingerprint density at radius 1 is 1.13 bits per heavy atom. The van der Waals surface area contributed by atoms with E-state index in [1.165, 1.54) is 19.3 Å². The van der Waals surface area contributed by atoms with Crippen molar-refractivity contribution >= 4 is 28.5 Å². The average Bonchev–Trinajstić information content (AvgIpc) is 3.05. The molecule has 8 heteroatoms. The second kappa shape index (κ2) is 7.19. The number of carbonyl (C=O) groups excluding carboxylic acids is 2. The molecule has 2 aromatic rings. The number of likely N-dealkylation sites (tertiary alicyclic amines) is 1. The highest BCUT2D eigenvalue weighted by molar-refractivity contribution is 6.40. The van der Waals surface area contributed by atoms with E-state index in [1.807, 2.05) is 0 Å². The first-order valence-corrected chi connectivity index (χ1v) is 7.77. The largest absolute Gasteiger partial charge is 0.347 e. The van der Waals surface area contributed by atoms with Gasteiger partial charge >= 0.3 is 11.8 Å². The lowest BCUT2D eigenvalue weighted by Crippen LogP contribution is -2.41. The van der Waals surface area contributed by atoms with Gasteiger partial charge in [-0.2, -0.15) is 0 Å². The van der Waals surface area contributed by atoms with Crippen LogP contribution in [0.2, 0.25) is 0 Å².